The maximum Gasteiger partial charge on any atom is 0.0642 e. The van der Waals surface area contributed by atoms with Crippen LogP contribution in [0.25, 0.3) is 0 Å². The van der Waals surface area contributed by atoms with Crippen molar-refractivity contribution in [1.29, 1.82) is 0 Å². The molecule has 7 atom stereocenters. The lowest BCUT2D eigenvalue weighted by atomic mass is 9.34. The van der Waals surface area contributed by atoms with Gasteiger partial charge >= 0.3 is 0 Å². The van der Waals surface area contributed by atoms with Crippen LogP contribution >= 0.6 is 0 Å². The fraction of sp³-hybridized carbons (Fsp3) is 0.826. The molecule has 2 unspecified atom stereocenters. The molecule has 5 aliphatic carbocycles. The number of aliphatic hydroxyl groups is 1. The van der Waals surface area contributed by atoms with Crippen LogP contribution in [0.15, 0.2) is 24.3 Å². The summed E-state index contributed by atoms with van der Waals surface area (Å²) in [7, 11) is 0. The summed E-state index contributed by atoms with van der Waals surface area (Å²) >= 11 is 0. The summed E-state index contributed by atoms with van der Waals surface area (Å²) in [6.07, 6.45) is 11.0. The van der Waals surface area contributed by atoms with Gasteiger partial charge in [-0.25, -0.2) is 0 Å². The number of hydrogen-bond acceptors (Lipinski definition) is 1. The maximum atomic E-state index is 11.4. The highest BCUT2D eigenvalue weighted by atomic mass is 16.3. The first-order chi connectivity index (χ1) is 11.4. The highest BCUT2D eigenvalue weighted by Gasteiger charge is 2.68. The predicted molar refractivity (Wildman–Crippen MR) is 101 cm³/mol. The fourth-order valence-electron chi connectivity index (χ4n) is 8.10. The second kappa shape index (κ2) is 5.22. The molecule has 0 aliphatic heterocycles. The summed E-state index contributed by atoms with van der Waals surface area (Å²) in [5, 5.41) is 11.4. The van der Waals surface area contributed by atoms with Crippen LogP contribution < -0.4 is 0 Å². The first-order valence-corrected chi connectivity index (χ1v) is 10.4. The molecule has 0 aromatic rings. The molecular weight excluding hydrogens is 292 g/mol. The maximum absolute atomic E-state index is 11.4. The van der Waals surface area contributed by atoms with E-state index in [1.807, 2.05) is 0 Å². The van der Waals surface area contributed by atoms with Crippen LogP contribution in [-0.2, 0) is 0 Å². The lowest BCUT2D eigenvalue weighted by Gasteiger charge is -2.71. The second-order valence-corrected chi connectivity index (χ2v) is 9.82. The van der Waals surface area contributed by atoms with Gasteiger partial charge < -0.3 is 5.11 Å². The van der Waals surface area contributed by atoms with Gasteiger partial charge in [-0.15, -0.1) is 0 Å². The van der Waals surface area contributed by atoms with E-state index < -0.39 is 0 Å². The van der Waals surface area contributed by atoms with E-state index in [1.54, 1.807) is 0 Å². The van der Waals surface area contributed by atoms with Gasteiger partial charge in [0.25, 0.3) is 0 Å². The van der Waals surface area contributed by atoms with Crippen molar-refractivity contribution >= 4 is 0 Å². The molecule has 0 radical (unpaired) electrons. The topological polar surface area (TPSA) is 20.2 Å². The third kappa shape index (κ3) is 1.76. The Morgan fingerprint density at radius 1 is 1.04 bits per heavy atom. The van der Waals surface area contributed by atoms with Gasteiger partial charge in [0.1, 0.15) is 0 Å². The van der Waals surface area contributed by atoms with Crippen molar-refractivity contribution in [1.82, 2.24) is 0 Å². The van der Waals surface area contributed by atoms with Crippen LogP contribution in [0.3, 0.4) is 0 Å². The fourth-order valence-corrected chi connectivity index (χ4v) is 8.10. The van der Waals surface area contributed by atoms with E-state index in [4.69, 9.17) is 0 Å². The Hall–Kier alpha value is -0.560. The van der Waals surface area contributed by atoms with E-state index in [0.717, 1.165) is 12.8 Å². The average molecular weight is 329 g/mol. The molecule has 5 saturated carbocycles. The minimum absolute atomic E-state index is 0.0513. The Balaban J connectivity index is 1.86. The Morgan fingerprint density at radius 2 is 1.79 bits per heavy atom. The van der Waals surface area contributed by atoms with E-state index in [0.29, 0.717) is 28.6 Å². The third-order valence-corrected chi connectivity index (χ3v) is 9.63. The van der Waals surface area contributed by atoms with E-state index in [1.165, 1.54) is 56.1 Å². The zero-order chi connectivity index (χ0) is 17.3. The van der Waals surface area contributed by atoms with Crippen LogP contribution in [0, 0.1) is 34.0 Å². The van der Waals surface area contributed by atoms with E-state index in [2.05, 4.69) is 33.9 Å². The lowest BCUT2D eigenvalue weighted by molar-refractivity contribution is -0.211. The molecule has 1 heteroatoms. The van der Waals surface area contributed by atoms with Gasteiger partial charge in [0.15, 0.2) is 0 Å². The SMILES string of the molecule is C=C1C(=C)[C@]23CC[C@H]1CC2[C@]1(CC)CCC[C@@](C)(CC)C1C[C@H]3O. The van der Waals surface area contributed by atoms with Crippen molar-refractivity contribution in [2.24, 2.45) is 34.0 Å². The van der Waals surface area contributed by atoms with E-state index >= 15 is 0 Å². The van der Waals surface area contributed by atoms with Gasteiger partial charge in [-0.3, -0.25) is 0 Å². The molecule has 5 aliphatic rings. The molecule has 1 N–H and O–H groups in total. The summed E-state index contributed by atoms with van der Waals surface area (Å²) in [4.78, 5) is 0. The minimum atomic E-state index is -0.207. The van der Waals surface area contributed by atoms with Gasteiger partial charge in [0.05, 0.1) is 6.10 Å². The molecule has 0 amide bonds. The van der Waals surface area contributed by atoms with Crippen molar-refractivity contribution in [3.05, 3.63) is 24.3 Å². The monoisotopic (exact) mass is 328 g/mol. The number of allylic oxidation sites excluding steroid dienone is 1. The standard InChI is InChI=1S/C23H36O/c1-6-21(5)10-8-11-22(7-2)18(21)14-20(24)23-12-9-17(13-19(22)23)15(3)16(23)4/h17-20,24H,3-4,6-14H2,1-2,5H3/t17-,18?,19?,20+,21+,22+,23+/m0/s1. The molecule has 5 fully saturated rings. The molecular formula is C23H36O. The minimum Gasteiger partial charge on any atom is -0.392 e. The summed E-state index contributed by atoms with van der Waals surface area (Å²) in [6.45, 7) is 16.2. The molecule has 24 heavy (non-hydrogen) atoms. The smallest absolute Gasteiger partial charge is 0.0642 e. The Labute approximate surface area is 148 Å². The van der Waals surface area contributed by atoms with Crippen LogP contribution in [0.5, 0.6) is 0 Å². The third-order valence-electron chi connectivity index (χ3n) is 9.63. The molecule has 1 nitrogen and oxygen atoms in total. The number of aliphatic hydroxyl groups excluding tert-OH is 1. The number of rotatable bonds is 2. The van der Waals surface area contributed by atoms with Gasteiger partial charge in [-0.05, 0) is 84.7 Å². The Kier molecular flexibility index (Phi) is 3.67. The molecule has 134 valence electrons. The zero-order valence-corrected chi connectivity index (χ0v) is 16.0. The van der Waals surface area contributed by atoms with Crippen LogP contribution in [0.1, 0.15) is 78.6 Å². The van der Waals surface area contributed by atoms with Gasteiger partial charge in [-0.2, -0.15) is 0 Å². The molecule has 2 bridgehead atoms. The normalized spacial score (nSPS) is 53.7. The van der Waals surface area contributed by atoms with Gasteiger partial charge in [-0.1, -0.05) is 46.8 Å². The molecule has 0 heterocycles. The summed E-state index contributed by atoms with van der Waals surface area (Å²) < 4.78 is 0. The zero-order valence-electron chi connectivity index (χ0n) is 16.0. The Bertz CT molecular complexity index is 577. The highest BCUT2D eigenvalue weighted by Crippen LogP contribution is 2.74. The van der Waals surface area contributed by atoms with Crippen molar-refractivity contribution in [2.45, 2.75) is 84.7 Å². The van der Waals surface area contributed by atoms with Crippen molar-refractivity contribution in [3.63, 3.8) is 0 Å². The molecule has 0 aromatic carbocycles. The predicted octanol–water partition coefficient (Wildman–Crippen LogP) is 5.89. The van der Waals surface area contributed by atoms with E-state index in [9.17, 15) is 5.11 Å². The van der Waals surface area contributed by atoms with Crippen LogP contribution in [0.2, 0.25) is 0 Å². The van der Waals surface area contributed by atoms with Crippen molar-refractivity contribution in [3.8, 4) is 0 Å². The number of fused-ring (bicyclic) bond motifs is 3. The van der Waals surface area contributed by atoms with Crippen LogP contribution in [0.4, 0.5) is 0 Å². The van der Waals surface area contributed by atoms with Gasteiger partial charge in [0.2, 0.25) is 0 Å². The Morgan fingerprint density at radius 3 is 2.46 bits per heavy atom. The summed E-state index contributed by atoms with van der Waals surface area (Å²) in [5.41, 5.74) is 3.29. The average Bonchev–Trinajstić information content (AvgIpc) is 2.60. The molecule has 5 rings (SSSR count). The quantitative estimate of drug-likeness (QED) is 0.670. The molecule has 0 aromatic heterocycles. The van der Waals surface area contributed by atoms with Crippen LogP contribution in [-0.4, -0.2) is 11.2 Å². The summed E-state index contributed by atoms with van der Waals surface area (Å²) in [6, 6.07) is 0. The number of hydrogen-bond donors (Lipinski definition) is 1. The van der Waals surface area contributed by atoms with Crippen molar-refractivity contribution < 1.29 is 5.11 Å². The highest BCUT2D eigenvalue weighted by molar-refractivity contribution is 5.44. The summed E-state index contributed by atoms with van der Waals surface area (Å²) in [5.74, 6) is 1.94. The van der Waals surface area contributed by atoms with E-state index in [-0.39, 0.29) is 11.5 Å². The molecule has 1 spiro atoms. The molecule has 0 saturated heterocycles. The van der Waals surface area contributed by atoms with Gasteiger partial charge in [0, 0.05) is 5.41 Å². The van der Waals surface area contributed by atoms with Crippen molar-refractivity contribution in [2.75, 3.05) is 0 Å². The lowest BCUT2D eigenvalue weighted by Crippen LogP contribution is -2.66. The first kappa shape index (κ1) is 16.9. The largest absolute Gasteiger partial charge is 0.392 e. The second-order valence-electron chi connectivity index (χ2n) is 9.82. The first-order valence-electron chi connectivity index (χ1n) is 10.4.